The summed E-state index contributed by atoms with van der Waals surface area (Å²) in [5.41, 5.74) is 1.47. The van der Waals surface area contributed by atoms with Crippen molar-refractivity contribution in [1.82, 2.24) is 5.32 Å². The average molecular weight is 277 g/mol. The molecule has 1 saturated carbocycles. The molecule has 2 rings (SSSR count). The first-order chi connectivity index (χ1) is 9.36. The molecule has 0 bridgehead atoms. The maximum Gasteiger partial charge on any atom is 0.123 e. The number of hydrogen-bond donors (Lipinski definition) is 1. The molecule has 0 aliphatic heterocycles. The maximum absolute atomic E-state index is 13.3. The fourth-order valence-corrected chi connectivity index (χ4v) is 3.35. The van der Waals surface area contributed by atoms with E-state index in [0.717, 1.165) is 11.5 Å². The number of halogens is 1. The van der Waals surface area contributed by atoms with Crippen LogP contribution in [0.2, 0.25) is 0 Å². The molecule has 1 aliphatic carbocycles. The molecule has 0 radical (unpaired) electrons. The van der Waals surface area contributed by atoms with Crippen molar-refractivity contribution in [1.29, 1.82) is 0 Å². The van der Waals surface area contributed by atoms with Gasteiger partial charge in [-0.05, 0) is 61.6 Å². The molecule has 20 heavy (non-hydrogen) atoms. The molecule has 1 fully saturated rings. The summed E-state index contributed by atoms with van der Waals surface area (Å²) in [6.07, 6.45) is 5.08. The Morgan fingerprint density at radius 1 is 1.15 bits per heavy atom. The molecule has 1 aromatic rings. The number of rotatable bonds is 3. The van der Waals surface area contributed by atoms with Gasteiger partial charge in [-0.25, -0.2) is 4.39 Å². The standard InChI is InChI=1S/C18H28FN/c1-13(14-6-5-7-16(19)12-14)20-17-10-8-15(9-11-17)18(2,3)4/h5-7,12-13,15,17,20H,8-11H2,1-4H3. The fraction of sp³-hybridized carbons (Fsp3) is 0.667. The average Bonchev–Trinajstić information content (AvgIpc) is 2.38. The van der Waals surface area contributed by atoms with E-state index in [0.29, 0.717) is 11.5 Å². The minimum atomic E-state index is -0.146. The number of nitrogens with one attached hydrogen (secondary N) is 1. The van der Waals surface area contributed by atoms with Crippen LogP contribution in [-0.4, -0.2) is 6.04 Å². The smallest absolute Gasteiger partial charge is 0.123 e. The minimum absolute atomic E-state index is 0.146. The normalized spacial score (nSPS) is 25.4. The van der Waals surface area contributed by atoms with E-state index < -0.39 is 0 Å². The third kappa shape index (κ3) is 4.05. The molecule has 1 atom stereocenters. The quantitative estimate of drug-likeness (QED) is 0.812. The molecule has 0 amide bonds. The highest BCUT2D eigenvalue weighted by Gasteiger charge is 2.30. The Balaban J connectivity index is 1.86. The van der Waals surface area contributed by atoms with Crippen molar-refractivity contribution in [2.75, 3.05) is 0 Å². The molecular weight excluding hydrogens is 249 g/mol. The summed E-state index contributed by atoms with van der Waals surface area (Å²) in [5.74, 6) is 0.692. The Labute approximate surface area is 123 Å². The molecule has 1 unspecified atom stereocenters. The van der Waals surface area contributed by atoms with E-state index in [1.807, 2.05) is 6.07 Å². The first-order valence-electron chi connectivity index (χ1n) is 7.88. The predicted octanol–water partition coefficient (Wildman–Crippen LogP) is 5.08. The molecule has 0 spiro atoms. The SMILES string of the molecule is CC(NC1CCC(C(C)(C)C)CC1)c1cccc(F)c1. The van der Waals surface area contributed by atoms with Crippen LogP contribution in [-0.2, 0) is 0 Å². The van der Waals surface area contributed by atoms with E-state index in [-0.39, 0.29) is 11.9 Å². The van der Waals surface area contributed by atoms with E-state index in [9.17, 15) is 4.39 Å². The molecule has 0 aromatic heterocycles. The fourth-order valence-electron chi connectivity index (χ4n) is 3.35. The molecule has 1 N–H and O–H groups in total. The van der Waals surface area contributed by atoms with Gasteiger partial charge in [-0.3, -0.25) is 0 Å². The second kappa shape index (κ2) is 6.26. The summed E-state index contributed by atoms with van der Waals surface area (Å²) in [4.78, 5) is 0. The number of benzene rings is 1. The van der Waals surface area contributed by atoms with E-state index in [1.54, 1.807) is 12.1 Å². The molecule has 0 heterocycles. The number of hydrogen-bond acceptors (Lipinski definition) is 1. The van der Waals surface area contributed by atoms with Crippen molar-refractivity contribution >= 4 is 0 Å². The van der Waals surface area contributed by atoms with Gasteiger partial charge in [0.1, 0.15) is 5.82 Å². The first kappa shape index (κ1) is 15.5. The van der Waals surface area contributed by atoms with Gasteiger partial charge in [0.05, 0.1) is 0 Å². The highest BCUT2D eigenvalue weighted by molar-refractivity contribution is 5.19. The lowest BCUT2D eigenvalue weighted by Crippen LogP contribution is -2.37. The summed E-state index contributed by atoms with van der Waals surface area (Å²) in [5, 5.41) is 3.67. The lowest BCUT2D eigenvalue weighted by Gasteiger charge is -2.38. The first-order valence-corrected chi connectivity index (χ1v) is 7.88. The van der Waals surface area contributed by atoms with Gasteiger partial charge >= 0.3 is 0 Å². The van der Waals surface area contributed by atoms with Crippen LogP contribution in [0.25, 0.3) is 0 Å². The zero-order valence-corrected chi connectivity index (χ0v) is 13.2. The predicted molar refractivity (Wildman–Crippen MR) is 83.2 cm³/mol. The van der Waals surface area contributed by atoms with Gasteiger partial charge in [-0.2, -0.15) is 0 Å². The Morgan fingerprint density at radius 2 is 1.80 bits per heavy atom. The van der Waals surface area contributed by atoms with Gasteiger partial charge in [-0.1, -0.05) is 32.9 Å². The van der Waals surface area contributed by atoms with Crippen molar-refractivity contribution in [3.8, 4) is 0 Å². The van der Waals surface area contributed by atoms with E-state index >= 15 is 0 Å². The van der Waals surface area contributed by atoms with Crippen molar-refractivity contribution in [3.63, 3.8) is 0 Å². The van der Waals surface area contributed by atoms with E-state index in [2.05, 4.69) is 33.0 Å². The van der Waals surface area contributed by atoms with Gasteiger partial charge in [0.25, 0.3) is 0 Å². The Hall–Kier alpha value is -0.890. The zero-order chi connectivity index (χ0) is 14.8. The Bertz CT molecular complexity index is 427. The second-order valence-corrected chi connectivity index (χ2v) is 7.36. The van der Waals surface area contributed by atoms with Crippen molar-refractivity contribution in [2.45, 2.75) is 65.5 Å². The Morgan fingerprint density at radius 3 is 2.35 bits per heavy atom. The summed E-state index contributed by atoms with van der Waals surface area (Å²) in [7, 11) is 0. The highest BCUT2D eigenvalue weighted by atomic mass is 19.1. The van der Waals surface area contributed by atoms with Crippen molar-refractivity contribution in [3.05, 3.63) is 35.6 Å². The molecular formula is C18H28FN. The molecule has 1 aromatic carbocycles. The highest BCUT2D eigenvalue weighted by Crippen LogP contribution is 2.38. The monoisotopic (exact) mass is 277 g/mol. The molecule has 1 aliphatic rings. The van der Waals surface area contributed by atoms with Gasteiger partial charge < -0.3 is 5.32 Å². The van der Waals surface area contributed by atoms with Crippen LogP contribution in [0.15, 0.2) is 24.3 Å². The van der Waals surface area contributed by atoms with Crippen LogP contribution in [0.5, 0.6) is 0 Å². The van der Waals surface area contributed by atoms with Gasteiger partial charge in [0, 0.05) is 12.1 Å². The summed E-state index contributed by atoms with van der Waals surface area (Å²) < 4.78 is 13.3. The van der Waals surface area contributed by atoms with Crippen LogP contribution in [0.3, 0.4) is 0 Å². The van der Waals surface area contributed by atoms with Gasteiger partial charge in [0.15, 0.2) is 0 Å². The summed E-state index contributed by atoms with van der Waals surface area (Å²) >= 11 is 0. The third-order valence-electron chi connectivity index (χ3n) is 4.79. The topological polar surface area (TPSA) is 12.0 Å². The van der Waals surface area contributed by atoms with Crippen molar-refractivity contribution in [2.24, 2.45) is 11.3 Å². The molecule has 1 nitrogen and oxygen atoms in total. The van der Waals surface area contributed by atoms with Crippen LogP contribution < -0.4 is 5.32 Å². The molecule has 112 valence electrons. The van der Waals surface area contributed by atoms with E-state index in [4.69, 9.17) is 0 Å². The zero-order valence-electron chi connectivity index (χ0n) is 13.2. The molecule has 0 saturated heterocycles. The largest absolute Gasteiger partial charge is 0.307 e. The van der Waals surface area contributed by atoms with Gasteiger partial charge in [0.2, 0.25) is 0 Å². The van der Waals surface area contributed by atoms with Crippen LogP contribution in [0.4, 0.5) is 4.39 Å². The molecule has 2 heteroatoms. The van der Waals surface area contributed by atoms with Crippen LogP contribution in [0.1, 0.15) is 65.0 Å². The minimum Gasteiger partial charge on any atom is -0.307 e. The lowest BCUT2D eigenvalue weighted by atomic mass is 9.71. The second-order valence-electron chi connectivity index (χ2n) is 7.36. The van der Waals surface area contributed by atoms with Crippen molar-refractivity contribution < 1.29 is 4.39 Å². The lowest BCUT2D eigenvalue weighted by molar-refractivity contribution is 0.157. The maximum atomic E-state index is 13.3. The van der Waals surface area contributed by atoms with Crippen LogP contribution in [0, 0.1) is 17.2 Å². The third-order valence-corrected chi connectivity index (χ3v) is 4.79. The van der Waals surface area contributed by atoms with Crippen LogP contribution >= 0.6 is 0 Å². The van der Waals surface area contributed by atoms with E-state index in [1.165, 1.54) is 31.7 Å². The Kier molecular flexibility index (Phi) is 4.85. The summed E-state index contributed by atoms with van der Waals surface area (Å²) in [6, 6.07) is 7.73. The van der Waals surface area contributed by atoms with Gasteiger partial charge in [-0.15, -0.1) is 0 Å². The summed E-state index contributed by atoms with van der Waals surface area (Å²) in [6.45, 7) is 9.17.